The fourth-order valence-electron chi connectivity index (χ4n) is 2.69. The van der Waals surface area contributed by atoms with E-state index in [4.69, 9.17) is 4.12 Å². The smallest absolute Gasteiger partial charge is 0.179 e. The Hall–Kier alpha value is 1.27. The molecule has 0 saturated carbocycles. The largest absolute Gasteiger partial charge is 0.455 e. The van der Waals surface area contributed by atoms with Gasteiger partial charge in [-0.05, 0) is 49.1 Å². The molecule has 23 heavy (non-hydrogen) atoms. The summed E-state index contributed by atoms with van der Waals surface area (Å²) in [5, 5.41) is 21.3. The molecule has 2 N–H and O–H groups in total. The third-order valence-electron chi connectivity index (χ3n) is 5.62. The summed E-state index contributed by atoms with van der Waals surface area (Å²) >= 11 is 6.73. The Labute approximate surface area is 162 Å². The maximum atomic E-state index is 10.1. The Morgan fingerprint density at radius 1 is 0.783 bits per heavy atom. The molecule has 0 rings (SSSR count). The zero-order valence-electron chi connectivity index (χ0n) is 16.0. The van der Waals surface area contributed by atoms with E-state index in [0.29, 0.717) is 10.7 Å². The van der Waals surface area contributed by atoms with E-state index >= 15 is 0 Å². The number of aliphatic hydroxyl groups is 2. The maximum Gasteiger partial charge on any atom is 0.179 e. The highest BCUT2D eigenvalue weighted by Gasteiger charge is 2.50. The van der Waals surface area contributed by atoms with Crippen molar-refractivity contribution in [1.29, 1.82) is 0 Å². The molecule has 0 aromatic rings. The minimum absolute atomic E-state index is 0.0193. The zero-order valence-corrected chi connectivity index (χ0v) is 21.2. The van der Waals surface area contributed by atoms with Crippen molar-refractivity contribution < 1.29 is 14.3 Å². The first-order valence-electron chi connectivity index (χ1n) is 8.30. The van der Waals surface area contributed by atoms with E-state index in [2.05, 4.69) is 85.7 Å². The van der Waals surface area contributed by atoms with Crippen LogP contribution in [0.3, 0.4) is 0 Å². The first-order valence-corrected chi connectivity index (χ1v) is 16.4. The number of hydrogen-bond acceptors (Lipinski definition) is 3. The van der Waals surface area contributed by atoms with Gasteiger partial charge in [0.2, 0.25) is 0 Å². The molecule has 0 fully saturated rings. The molecular weight excluding hydrogens is 456 g/mol. The van der Waals surface area contributed by atoms with Crippen molar-refractivity contribution in [2.24, 2.45) is 0 Å². The quantitative estimate of drug-likeness (QED) is 0.323. The highest BCUT2D eigenvalue weighted by molar-refractivity contribution is 9.09. The lowest BCUT2D eigenvalue weighted by molar-refractivity contribution is 0.167. The van der Waals surface area contributed by atoms with Gasteiger partial charge in [0, 0.05) is 10.7 Å². The molecule has 0 saturated heterocycles. The fraction of sp³-hybridized carbons (Fsp3) is 1.00. The van der Waals surface area contributed by atoms with E-state index in [-0.39, 0.29) is 22.3 Å². The molecule has 0 heterocycles. The van der Waals surface area contributed by atoms with E-state index in [1.54, 1.807) is 0 Å². The lowest BCUT2D eigenvalue weighted by Gasteiger charge is -2.50. The van der Waals surface area contributed by atoms with Crippen LogP contribution in [-0.2, 0) is 4.12 Å². The number of hydrogen-bond donors (Lipinski definition) is 2. The summed E-state index contributed by atoms with van der Waals surface area (Å²) in [6.07, 6.45) is 0.806. The molecule has 3 nitrogen and oxygen atoms in total. The van der Waals surface area contributed by atoms with Gasteiger partial charge in [-0.25, -0.2) is 0 Å². The lowest BCUT2D eigenvalue weighted by atomic mass is 10.1. The summed E-state index contributed by atoms with van der Waals surface area (Å²) in [6, 6.07) is 0. The zero-order chi connectivity index (χ0) is 18.7. The van der Waals surface area contributed by atoms with Gasteiger partial charge in [0.15, 0.2) is 16.6 Å². The van der Waals surface area contributed by atoms with Crippen molar-refractivity contribution in [1.82, 2.24) is 0 Å². The summed E-state index contributed by atoms with van der Waals surface area (Å²) in [5.41, 5.74) is 0. The lowest BCUT2D eigenvalue weighted by Crippen LogP contribution is -2.56. The monoisotopic (exact) mass is 490 g/mol. The molecule has 140 valence electrons. The summed E-state index contributed by atoms with van der Waals surface area (Å²) in [6.45, 7) is 17.9. The predicted molar refractivity (Wildman–Crippen MR) is 113 cm³/mol. The topological polar surface area (TPSA) is 49.7 Å². The van der Waals surface area contributed by atoms with Gasteiger partial charge in [-0.2, -0.15) is 0 Å². The fourth-order valence-corrected chi connectivity index (χ4v) is 11.9. The van der Waals surface area contributed by atoms with Gasteiger partial charge in [0.05, 0.1) is 12.2 Å². The average molecular weight is 492 g/mol. The molecule has 0 aliphatic rings. The van der Waals surface area contributed by atoms with Crippen LogP contribution in [0.25, 0.3) is 0 Å². The second-order valence-electron chi connectivity index (χ2n) is 8.91. The first-order chi connectivity index (χ1) is 10.1. The van der Waals surface area contributed by atoms with E-state index < -0.39 is 16.6 Å². The number of alkyl halides is 2. The predicted octanol–water partition coefficient (Wildman–Crippen LogP) is 5.27. The molecule has 0 amide bonds. The van der Waals surface area contributed by atoms with Gasteiger partial charge in [0.1, 0.15) is 0 Å². The van der Waals surface area contributed by atoms with Crippen LogP contribution in [0.15, 0.2) is 0 Å². The van der Waals surface area contributed by atoms with Gasteiger partial charge >= 0.3 is 0 Å². The first kappa shape index (κ1) is 24.3. The maximum absolute atomic E-state index is 10.1. The minimum Gasteiger partial charge on any atom is -0.455 e. The van der Waals surface area contributed by atoms with Gasteiger partial charge in [-0.3, -0.25) is 0 Å². The molecule has 0 aromatic heterocycles. The van der Waals surface area contributed by atoms with Crippen LogP contribution in [0.5, 0.6) is 0 Å². The van der Waals surface area contributed by atoms with Crippen molar-refractivity contribution in [3.8, 4) is 0 Å². The molecule has 0 radical (unpaired) electrons. The second kappa shape index (κ2) is 8.78. The molecular formula is C16H36Br2O3Si2. The van der Waals surface area contributed by atoms with E-state index in [0.717, 1.165) is 12.8 Å². The average Bonchev–Trinajstić information content (AvgIpc) is 2.35. The van der Waals surface area contributed by atoms with Crippen LogP contribution in [0, 0.1) is 0 Å². The molecule has 0 aliphatic carbocycles. The van der Waals surface area contributed by atoms with Crippen LogP contribution in [0.2, 0.25) is 36.3 Å². The van der Waals surface area contributed by atoms with Gasteiger partial charge < -0.3 is 14.3 Å². The Morgan fingerprint density at radius 3 is 1.26 bits per heavy atom. The Bertz CT molecular complexity index is 340. The third kappa shape index (κ3) is 6.83. The number of rotatable bonds is 10. The van der Waals surface area contributed by atoms with Crippen molar-refractivity contribution in [3.63, 3.8) is 0 Å². The van der Waals surface area contributed by atoms with Crippen LogP contribution in [-0.4, -0.2) is 49.7 Å². The van der Waals surface area contributed by atoms with Gasteiger partial charge in [0.25, 0.3) is 0 Å². The third-order valence-corrected chi connectivity index (χ3v) is 18.1. The Morgan fingerprint density at radius 2 is 1.04 bits per heavy atom. The minimum atomic E-state index is -2.03. The van der Waals surface area contributed by atoms with Crippen molar-refractivity contribution in [2.75, 3.05) is 10.7 Å². The van der Waals surface area contributed by atoms with Crippen LogP contribution in [0.4, 0.5) is 0 Å². The van der Waals surface area contributed by atoms with Gasteiger partial charge in [-0.1, -0.05) is 59.6 Å². The second-order valence-corrected chi connectivity index (χ2v) is 19.8. The van der Waals surface area contributed by atoms with E-state index in [1.165, 1.54) is 0 Å². The summed E-state index contributed by atoms with van der Waals surface area (Å²) in [4.78, 5) is 0. The summed E-state index contributed by atoms with van der Waals surface area (Å²) in [7, 11) is -4.06. The molecule has 0 bridgehead atoms. The summed E-state index contributed by atoms with van der Waals surface area (Å²) < 4.78 is 6.87. The molecule has 0 aliphatic heterocycles. The Kier molecular flexibility index (Phi) is 9.26. The molecule has 0 aromatic carbocycles. The van der Waals surface area contributed by atoms with E-state index in [9.17, 15) is 10.2 Å². The van der Waals surface area contributed by atoms with Crippen molar-refractivity contribution in [2.45, 2.75) is 89.0 Å². The van der Waals surface area contributed by atoms with Gasteiger partial charge in [-0.15, -0.1) is 0 Å². The number of halogens is 2. The molecule has 2 unspecified atom stereocenters. The SMILES string of the molecule is CC(C)(CC(O)CBr)[Si](C)(C)O[Si](C)(C)C(C)(C)CC(O)CBr. The highest BCUT2D eigenvalue weighted by atomic mass is 79.9. The van der Waals surface area contributed by atoms with Crippen LogP contribution >= 0.6 is 31.9 Å². The molecule has 7 heteroatoms. The van der Waals surface area contributed by atoms with Crippen molar-refractivity contribution in [3.05, 3.63) is 0 Å². The molecule has 0 spiro atoms. The molecule has 2 atom stereocenters. The van der Waals surface area contributed by atoms with Crippen LogP contribution in [0.1, 0.15) is 40.5 Å². The van der Waals surface area contributed by atoms with E-state index in [1.807, 2.05) is 0 Å². The summed E-state index contributed by atoms with van der Waals surface area (Å²) in [5.74, 6) is 0. The highest BCUT2D eigenvalue weighted by Crippen LogP contribution is 2.49. The van der Waals surface area contributed by atoms with Crippen molar-refractivity contribution >= 4 is 48.5 Å². The Balaban J connectivity index is 5.24. The number of aliphatic hydroxyl groups excluding tert-OH is 2. The normalized spacial score (nSPS) is 17.2. The standard InChI is InChI=1S/C16H36Br2O3Si2/c1-15(2,9-13(19)11-17)22(5,6)21-23(7,8)16(3,4)10-14(20)12-18/h13-14,19-20H,9-12H2,1-8H3. The van der Waals surface area contributed by atoms with Crippen LogP contribution < -0.4 is 0 Å².